The molecule has 0 aliphatic heterocycles. The molecule has 0 unspecified atom stereocenters. The van der Waals surface area contributed by atoms with Gasteiger partial charge in [0.15, 0.2) is 5.01 Å². The van der Waals surface area contributed by atoms with Gasteiger partial charge >= 0.3 is 0 Å². The molecule has 1 amide bonds. The lowest BCUT2D eigenvalue weighted by Crippen LogP contribution is -2.11. The number of amides is 1. The largest absolute Gasteiger partial charge is 0.497 e. The van der Waals surface area contributed by atoms with Gasteiger partial charge in [-0.15, -0.1) is 10.2 Å². The van der Waals surface area contributed by atoms with Crippen LogP contribution in [0.1, 0.15) is 20.4 Å². The number of carbonyl (C=O) groups is 1. The molecule has 0 aliphatic carbocycles. The minimum absolute atomic E-state index is 0.158. The van der Waals surface area contributed by atoms with Crippen molar-refractivity contribution in [2.75, 3.05) is 12.4 Å². The van der Waals surface area contributed by atoms with Crippen LogP contribution in [0.25, 0.3) is 11.1 Å². The summed E-state index contributed by atoms with van der Waals surface area (Å²) in [5, 5.41) is 11.4. The van der Waals surface area contributed by atoms with Gasteiger partial charge in [-0.1, -0.05) is 35.1 Å². The van der Waals surface area contributed by atoms with Crippen LogP contribution < -0.4 is 10.1 Å². The summed E-state index contributed by atoms with van der Waals surface area (Å²) in [4.78, 5) is 12.2. The lowest BCUT2D eigenvalue weighted by molar-refractivity contribution is 0.102. The molecule has 0 saturated carbocycles. The number of hydrogen-bond acceptors (Lipinski definition) is 5. The Hall–Kier alpha value is -2.77. The summed E-state index contributed by atoms with van der Waals surface area (Å²) < 4.78 is 18.0. The zero-order chi connectivity index (χ0) is 18.5. The van der Waals surface area contributed by atoms with E-state index in [1.54, 1.807) is 13.2 Å². The number of benzene rings is 2. The normalized spacial score (nSPS) is 11.3. The molecule has 0 aliphatic rings. The number of nitrogens with one attached hydrogen (secondary N) is 1. The van der Waals surface area contributed by atoms with Crippen LogP contribution in [-0.2, 0) is 0 Å². The second-order valence-corrected chi connectivity index (χ2v) is 6.52. The van der Waals surface area contributed by atoms with Crippen LogP contribution >= 0.6 is 22.9 Å². The van der Waals surface area contributed by atoms with E-state index in [-0.39, 0.29) is 10.8 Å². The fourth-order valence-corrected chi connectivity index (χ4v) is 2.96. The van der Waals surface area contributed by atoms with Crippen LogP contribution in [-0.4, -0.2) is 23.2 Å². The molecule has 3 aromatic rings. The lowest BCUT2D eigenvalue weighted by atomic mass is 10.2. The molecule has 1 heterocycles. The van der Waals surface area contributed by atoms with Crippen molar-refractivity contribution in [1.29, 1.82) is 0 Å². The number of aromatic nitrogens is 2. The Morgan fingerprint density at radius 2 is 1.77 bits per heavy atom. The number of methoxy groups -OCH3 is 1. The second-order valence-electron chi connectivity index (χ2n) is 5.14. The molecular weight excluding hydrogens is 377 g/mol. The van der Waals surface area contributed by atoms with Crippen LogP contribution in [0.15, 0.2) is 48.5 Å². The zero-order valence-corrected chi connectivity index (χ0v) is 15.1. The maximum Gasteiger partial charge on any atom is 0.286 e. The monoisotopic (exact) mass is 389 g/mol. The summed E-state index contributed by atoms with van der Waals surface area (Å²) in [6, 6.07) is 12.8. The van der Waals surface area contributed by atoms with E-state index >= 15 is 0 Å². The molecule has 5 nitrogen and oxygen atoms in total. The fraction of sp³-hybridized carbons (Fsp3) is 0.0556. The molecule has 2 aromatic carbocycles. The van der Waals surface area contributed by atoms with E-state index in [4.69, 9.17) is 16.3 Å². The van der Waals surface area contributed by atoms with Gasteiger partial charge in [0.1, 0.15) is 11.6 Å². The second kappa shape index (κ2) is 8.07. The van der Waals surface area contributed by atoms with Gasteiger partial charge in [-0.05, 0) is 48.0 Å². The molecular formula is C18H13ClFN3O2S. The minimum atomic E-state index is -0.436. The van der Waals surface area contributed by atoms with Gasteiger partial charge < -0.3 is 10.1 Å². The number of ether oxygens (including phenoxy) is 1. The van der Waals surface area contributed by atoms with E-state index in [1.807, 2.05) is 24.3 Å². The molecule has 26 heavy (non-hydrogen) atoms. The summed E-state index contributed by atoms with van der Waals surface area (Å²) >= 11 is 7.34. The van der Waals surface area contributed by atoms with E-state index in [1.165, 1.54) is 24.3 Å². The highest BCUT2D eigenvalue weighted by atomic mass is 35.5. The van der Waals surface area contributed by atoms with Crippen molar-refractivity contribution in [3.8, 4) is 5.75 Å². The summed E-state index contributed by atoms with van der Waals surface area (Å²) in [7, 11) is 1.59. The van der Waals surface area contributed by atoms with Gasteiger partial charge in [0.05, 0.1) is 12.1 Å². The highest BCUT2D eigenvalue weighted by Crippen LogP contribution is 2.26. The van der Waals surface area contributed by atoms with E-state index in [9.17, 15) is 9.18 Å². The van der Waals surface area contributed by atoms with Gasteiger partial charge in [-0.2, -0.15) is 0 Å². The first-order valence-electron chi connectivity index (χ1n) is 7.47. The quantitative estimate of drug-likeness (QED) is 0.688. The molecule has 3 rings (SSSR count). The van der Waals surface area contributed by atoms with Crippen LogP contribution in [0.5, 0.6) is 5.75 Å². The molecule has 0 atom stereocenters. The average Bonchev–Trinajstić information content (AvgIpc) is 3.15. The highest BCUT2D eigenvalue weighted by molar-refractivity contribution is 7.15. The van der Waals surface area contributed by atoms with Crippen molar-refractivity contribution in [3.05, 3.63) is 69.9 Å². The molecule has 0 bridgehead atoms. The molecule has 1 N–H and O–H groups in total. The Kier molecular flexibility index (Phi) is 5.60. The van der Waals surface area contributed by atoms with Crippen LogP contribution in [0.4, 0.5) is 10.1 Å². The van der Waals surface area contributed by atoms with Crippen molar-refractivity contribution in [3.63, 3.8) is 0 Å². The third-order valence-electron chi connectivity index (χ3n) is 3.33. The van der Waals surface area contributed by atoms with E-state index in [0.717, 1.165) is 22.6 Å². The van der Waals surface area contributed by atoms with Crippen molar-refractivity contribution >= 4 is 45.6 Å². The van der Waals surface area contributed by atoms with Gasteiger partial charge in [-0.3, -0.25) is 4.79 Å². The number of halogens is 2. The predicted molar refractivity (Wildman–Crippen MR) is 101 cm³/mol. The van der Waals surface area contributed by atoms with Crippen molar-refractivity contribution in [2.45, 2.75) is 0 Å². The smallest absolute Gasteiger partial charge is 0.286 e. The molecule has 132 valence electrons. The summed E-state index contributed by atoms with van der Waals surface area (Å²) in [6.45, 7) is 0. The molecule has 1 aromatic heterocycles. The third kappa shape index (κ3) is 4.44. The van der Waals surface area contributed by atoms with Crippen LogP contribution in [0.2, 0.25) is 0 Å². The Labute approximate surface area is 158 Å². The highest BCUT2D eigenvalue weighted by Gasteiger charge is 2.15. The minimum Gasteiger partial charge on any atom is -0.497 e. The maximum absolute atomic E-state index is 12.9. The number of anilines is 1. The molecule has 0 fully saturated rings. The standard InChI is InChI=1S/C18H13ClFN3O2S/c1-25-14-8-2-11(3-9-14)10-15(19)17-22-23-18(26-17)16(24)21-13-6-4-12(20)5-7-13/h2-10H,1H3,(H,21,24)/b15-10-. The van der Waals surface area contributed by atoms with Gasteiger partial charge in [0, 0.05) is 5.69 Å². The summed E-state index contributed by atoms with van der Waals surface area (Å²) in [6.07, 6.45) is 1.73. The number of rotatable bonds is 5. The predicted octanol–water partition coefficient (Wildman–Crippen LogP) is 4.68. The molecule has 0 radical (unpaired) electrons. The van der Waals surface area contributed by atoms with Crippen LogP contribution in [0.3, 0.4) is 0 Å². The SMILES string of the molecule is COc1ccc(/C=C(\Cl)c2nnc(C(=O)Nc3ccc(F)cc3)s2)cc1. The van der Waals surface area contributed by atoms with Crippen LogP contribution in [0, 0.1) is 5.82 Å². The van der Waals surface area contributed by atoms with Crippen molar-refractivity contribution < 1.29 is 13.9 Å². The van der Waals surface area contributed by atoms with Gasteiger partial charge in [-0.25, -0.2) is 4.39 Å². The first-order valence-corrected chi connectivity index (χ1v) is 8.66. The lowest BCUT2D eigenvalue weighted by Gasteiger charge is -2.01. The topological polar surface area (TPSA) is 64.1 Å². The Balaban J connectivity index is 1.72. The number of nitrogens with zero attached hydrogens (tertiary/aromatic N) is 2. The van der Waals surface area contributed by atoms with Gasteiger partial charge in [0.2, 0.25) is 5.01 Å². The maximum atomic E-state index is 12.9. The summed E-state index contributed by atoms with van der Waals surface area (Å²) in [5.41, 5.74) is 1.33. The van der Waals surface area contributed by atoms with Crippen molar-refractivity contribution in [2.24, 2.45) is 0 Å². The third-order valence-corrected chi connectivity index (χ3v) is 4.69. The Morgan fingerprint density at radius 1 is 1.12 bits per heavy atom. The Morgan fingerprint density at radius 3 is 2.42 bits per heavy atom. The van der Waals surface area contributed by atoms with E-state index in [0.29, 0.717) is 15.7 Å². The molecule has 8 heteroatoms. The van der Waals surface area contributed by atoms with E-state index < -0.39 is 5.91 Å². The number of hydrogen-bond donors (Lipinski definition) is 1. The first-order chi connectivity index (χ1) is 12.5. The summed E-state index contributed by atoms with van der Waals surface area (Å²) in [5.74, 6) is -0.0696. The fourth-order valence-electron chi connectivity index (χ4n) is 2.04. The van der Waals surface area contributed by atoms with Gasteiger partial charge in [0.25, 0.3) is 5.91 Å². The van der Waals surface area contributed by atoms with Crippen molar-refractivity contribution in [1.82, 2.24) is 10.2 Å². The molecule has 0 saturated heterocycles. The first kappa shape index (κ1) is 18.0. The Bertz CT molecular complexity index is 940. The average molecular weight is 390 g/mol. The molecule has 0 spiro atoms. The van der Waals surface area contributed by atoms with E-state index in [2.05, 4.69) is 15.5 Å². The number of carbonyl (C=O) groups excluding carboxylic acids is 1. The zero-order valence-electron chi connectivity index (χ0n) is 13.6.